The van der Waals surface area contributed by atoms with Crippen molar-refractivity contribution in [1.82, 2.24) is 0 Å². The molecule has 19 heavy (non-hydrogen) atoms. The summed E-state index contributed by atoms with van der Waals surface area (Å²) < 4.78 is 4.99. The highest BCUT2D eigenvalue weighted by atomic mass is 16.6. The molecule has 0 saturated carbocycles. The van der Waals surface area contributed by atoms with Gasteiger partial charge in [-0.15, -0.1) is 0 Å². The van der Waals surface area contributed by atoms with Crippen molar-refractivity contribution in [1.29, 1.82) is 0 Å². The highest BCUT2D eigenvalue weighted by molar-refractivity contribution is 5.72. The molecule has 1 saturated heterocycles. The van der Waals surface area contributed by atoms with Crippen LogP contribution < -0.4 is 9.64 Å². The monoisotopic (exact) mass is 266 g/mol. The van der Waals surface area contributed by atoms with Crippen LogP contribution in [0.5, 0.6) is 5.75 Å². The molecule has 1 aromatic carbocycles. The number of ether oxygens (including phenoxy) is 1. The smallest absolute Gasteiger partial charge is 0.333 e. The molecular weight excluding hydrogens is 252 g/mol. The van der Waals surface area contributed by atoms with E-state index in [1.54, 1.807) is 17.0 Å². The predicted molar refractivity (Wildman–Crippen MR) is 67.6 cm³/mol. The van der Waals surface area contributed by atoms with Crippen LogP contribution in [0, 0.1) is 16.0 Å². The topological polar surface area (TPSA) is 92.9 Å². The molecule has 1 aliphatic heterocycles. The number of methoxy groups -OCH3 is 1. The first kappa shape index (κ1) is 13.1. The van der Waals surface area contributed by atoms with E-state index in [9.17, 15) is 14.9 Å². The van der Waals surface area contributed by atoms with Gasteiger partial charge in [0.05, 0.1) is 18.5 Å². The van der Waals surface area contributed by atoms with Crippen LogP contribution in [0.4, 0.5) is 11.4 Å². The summed E-state index contributed by atoms with van der Waals surface area (Å²) in [5.74, 6) is -0.586. The Kier molecular flexibility index (Phi) is 3.55. The van der Waals surface area contributed by atoms with Gasteiger partial charge in [-0.1, -0.05) is 6.07 Å². The molecule has 0 radical (unpaired) electrons. The minimum atomic E-state index is -0.843. The standard InChI is InChI=1S/C12H14N2O5/c1-19-10-4-2-3-9(12(10)14(17)18)13-6-8(7-13)5-11(15)16/h2-4,8H,5-7H2,1H3,(H,15,16). The average Bonchev–Trinajstić information content (AvgIpc) is 2.31. The van der Waals surface area contributed by atoms with Crippen LogP contribution in [0.3, 0.4) is 0 Å². The molecule has 0 bridgehead atoms. The molecule has 1 aromatic rings. The second-order valence-corrected chi connectivity index (χ2v) is 4.45. The van der Waals surface area contributed by atoms with Gasteiger partial charge in [0.1, 0.15) is 5.69 Å². The van der Waals surface area contributed by atoms with Crippen LogP contribution >= 0.6 is 0 Å². The molecule has 1 heterocycles. The number of nitro benzene ring substituents is 1. The Balaban J connectivity index is 2.18. The van der Waals surface area contributed by atoms with Crippen molar-refractivity contribution < 1.29 is 19.6 Å². The Morgan fingerprint density at radius 2 is 2.26 bits per heavy atom. The molecule has 2 rings (SSSR count). The first-order valence-corrected chi connectivity index (χ1v) is 5.81. The van der Waals surface area contributed by atoms with E-state index in [-0.39, 0.29) is 23.8 Å². The van der Waals surface area contributed by atoms with Gasteiger partial charge in [0.25, 0.3) is 0 Å². The summed E-state index contributed by atoms with van der Waals surface area (Å²) in [6.45, 7) is 1.03. The zero-order chi connectivity index (χ0) is 14.0. The zero-order valence-corrected chi connectivity index (χ0v) is 10.4. The number of aliphatic carboxylic acids is 1. The molecule has 0 unspecified atom stereocenters. The SMILES string of the molecule is COc1cccc(N2CC(CC(=O)O)C2)c1[N+](=O)[O-]. The number of nitro groups is 1. The van der Waals surface area contributed by atoms with E-state index in [2.05, 4.69) is 0 Å². The third kappa shape index (κ3) is 2.59. The summed E-state index contributed by atoms with van der Waals surface area (Å²) in [6, 6.07) is 4.87. The second kappa shape index (κ2) is 5.13. The van der Waals surface area contributed by atoms with Crippen LogP contribution in [0.25, 0.3) is 0 Å². The molecule has 7 heteroatoms. The molecule has 1 N–H and O–H groups in total. The number of carbonyl (C=O) groups is 1. The lowest BCUT2D eigenvalue weighted by molar-refractivity contribution is -0.385. The van der Waals surface area contributed by atoms with Crippen LogP contribution in [-0.2, 0) is 4.79 Å². The fourth-order valence-corrected chi connectivity index (χ4v) is 2.26. The van der Waals surface area contributed by atoms with Crippen LogP contribution in [0.2, 0.25) is 0 Å². The lowest BCUT2D eigenvalue weighted by atomic mass is 9.95. The van der Waals surface area contributed by atoms with Gasteiger partial charge in [0.15, 0.2) is 5.75 Å². The van der Waals surface area contributed by atoms with Gasteiger partial charge in [-0.3, -0.25) is 14.9 Å². The Labute approximate surface area is 109 Å². The summed E-state index contributed by atoms with van der Waals surface area (Å²) in [6.07, 6.45) is 0.0915. The van der Waals surface area contributed by atoms with Crippen molar-refractivity contribution in [3.8, 4) is 5.75 Å². The summed E-state index contributed by atoms with van der Waals surface area (Å²) in [7, 11) is 1.38. The number of carboxylic acid groups (broad SMARTS) is 1. The molecule has 7 nitrogen and oxygen atoms in total. The molecule has 1 fully saturated rings. The lowest BCUT2D eigenvalue weighted by Gasteiger charge is -2.40. The van der Waals surface area contributed by atoms with Gasteiger partial charge < -0.3 is 14.7 Å². The van der Waals surface area contributed by atoms with Crippen molar-refractivity contribution >= 4 is 17.3 Å². The minimum Gasteiger partial charge on any atom is -0.490 e. The quantitative estimate of drug-likeness (QED) is 0.641. The predicted octanol–water partition coefficient (Wildman–Crippen LogP) is 1.51. The molecular formula is C12H14N2O5. The number of hydrogen-bond acceptors (Lipinski definition) is 5. The fourth-order valence-electron chi connectivity index (χ4n) is 2.26. The third-order valence-corrected chi connectivity index (χ3v) is 3.14. The second-order valence-electron chi connectivity index (χ2n) is 4.45. The summed E-state index contributed by atoms with van der Waals surface area (Å²) in [5.41, 5.74) is 0.407. The number of carboxylic acids is 1. The van der Waals surface area contributed by atoms with E-state index in [4.69, 9.17) is 9.84 Å². The molecule has 1 aliphatic rings. The third-order valence-electron chi connectivity index (χ3n) is 3.14. The lowest BCUT2D eigenvalue weighted by Crippen LogP contribution is -2.47. The Bertz CT molecular complexity index is 511. The molecule has 0 amide bonds. The zero-order valence-electron chi connectivity index (χ0n) is 10.4. The summed E-state index contributed by atoms with van der Waals surface area (Å²) >= 11 is 0. The average molecular weight is 266 g/mol. The largest absolute Gasteiger partial charge is 0.490 e. The van der Waals surface area contributed by atoms with Gasteiger partial charge in [0.2, 0.25) is 0 Å². The number of anilines is 1. The first-order chi connectivity index (χ1) is 9.02. The molecule has 0 aliphatic carbocycles. The Hall–Kier alpha value is -2.31. The molecule has 0 aromatic heterocycles. The van der Waals surface area contributed by atoms with E-state index < -0.39 is 10.9 Å². The summed E-state index contributed by atoms with van der Waals surface area (Å²) in [4.78, 5) is 23.0. The maximum atomic E-state index is 11.1. The van der Waals surface area contributed by atoms with Gasteiger partial charge in [-0.2, -0.15) is 0 Å². The van der Waals surface area contributed by atoms with Crippen molar-refractivity contribution in [2.24, 2.45) is 5.92 Å². The normalized spacial score (nSPS) is 14.9. The van der Waals surface area contributed by atoms with Crippen LogP contribution in [0.15, 0.2) is 18.2 Å². The number of para-hydroxylation sites is 1. The first-order valence-electron chi connectivity index (χ1n) is 5.81. The molecule has 102 valence electrons. The van der Waals surface area contributed by atoms with Crippen molar-refractivity contribution in [3.05, 3.63) is 28.3 Å². The maximum Gasteiger partial charge on any atom is 0.333 e. The Morgan fingerprint density at radius 3 is 2.79 bits per heavy atom. The van der Waals surface area contributed by atoms with E-state index in [1.165, 1.54) is 13.2 Å². The Morgan fingerprint density at radius 1 is 1.58 bits per heavy atom. The van der Waals surface area contributed by atoms with Crippen molar-refractivity contribution in [2.75, 3.05) is 25.1 Å². The van der Waals surface area contributed by atoms with E-state index >= 15 is 0 Å². The number of rotatable bonds is 5. The van der Waals surface area contributed by atoms with Gasteiger partial charge in [-0.05, 0) is 12.1 Å². The number of hydrogen-bond donors (Lipinski definition) is 1. The van der Waals surface area contributed by atoms with E-state index in [0.717, 1.165) is 0 Å². The highest BCUT2D eigenvalue weighted by Gasteiger charge is 2.34. The molecule has 0 spiro atoms. The number of nitrogens with zero attached hydrogens (tertiary/aromatic N) is 2. The highest BCUT2D eigenvalue weighted by Crippen LogP contribution is 2.40. The van der Waals surface area contributed by atoms with Crippen molar-refractivity contribution in [3.63, 3.8) is 0 Å². The van der Waals surface area contributed by atoms with Gasteiger partial charge in [-0.25, -0.2) is 0 Å². The van der Waals surface area contributed by atoms with Crippen molar-refractivity contribution in [2.45, 2.75) is 6.42 Å². The minimum absolute atomic E-state index is 0.0447. The van der Waals surface area contributed by atoms with Gasteiger partial charge in [0, 0.05) is 19.0 Å². The van der Waals surface area contributed by atoms with E-state index in [1.807, 2.05) is 0 Å². The van der Waals surface area contributed by atoms with E-state index in [0.29, 0.717) is 18.8 Å². The fraction of sp³-hybridized carbons (Fsp3) is 0.417. The van der Waals surface area contributed by atoms with Gasteiger partial charge >= 0.3 is 11.7 Å². The van der Waals surface area contributed by atoms with Crippen LogP contribution in [-0.4, -0.2) is 36.2 Å². The molecule has 0 atom stereocenters. The maximum absolute atomic E-state index is 11.1. The summed E-state index contributed by atoms with van der Waals surface area (Å²) in [5, 5.41) is 19.8. The van der Waals surface area contributed by atoms with Crippen LogP contribution in [0.1, 0.15) is 6.42 Å². The number of benzene rings is 1.